The first-order valence-electron chi connectivity index (χ1n) is 7.40. The SMILES string of the molecule is CC(C)c1cc(C(=O)NCC(=O)N(C)C)nn1-c1ccccn1. The van der Waals surface area contributed by atoms with Gasteiger partial charge in [-0.15, -0.1) is 0 Å². The van der Waals surface area contributed by atoms with Gasteiger partial charge in [-0.1, -0.05) is 19.9 Å². The molecular weight excluding hydrogens is 294 g/mol. The van der Waals surface area contributed by atoms with Crippen molar-refractivity contribution < 1.29 is 9.59 Å². The Hall–Kier alpha value is -2.70. The molecule has 0 atom stereocenters. The molecule has 0 bridgehead atoms. The summed E-state index contributed by atoms with van der Waals surface area (Å²) in [4.78, 5) is 29.5. The minimum atomic E-state index is -0.378. The van der Waals surface area contributed by atoms with Crippen molar-refractivity contribution in [2.75, 3.05) is 20.6 Å². The zero-order valence-electron chi connectivity index (χ0n) is 13.8. The molecule has 0 spiro atoms. The average Bonchev–Trinajstić information content (AvgIpc) is 2.98. The largest absolute Gasteiger partial charge is 0.347 e. The number of carbonyl (C=O) groups excluding carboxylic acids is 2. The molecule has 7 nitrogen and oxygen atoms in total. The highest BCUT2D eigenvalue weighted by molar-refractivity contribution is 5.95. The molecule has 2 heterocycles. The number of nitrogens with one attached hydrogen (secondary N) is 1. The summed E-state index contributed by atoms with van der Waals surface area (Å²) >= 11 is 0. The molecule has 0 radical (unpaired) electrons. The van der Waals surface area contributed by atoms with Gasteiger partial charge in [-0.25, -0.2) is 9.67 Å². The van der Waals surface area contributed by atoms with Crippen molar-refractivity contribution in [3.63, 3.8) is 0 Å². The van der Waals surface area contributed by atoms with Crippen LogP contribution in [0.3, 0.4) is 0 Å². The number of rotatable bonds is 5. The molecule has 0 saturated heterocycles. The number of carbonyl (C=O) groups is 2. The van der Waals surface area contributed by atoms with E-state index in [2.05, 4.69) is 15.4 Å². The zero-order valence-corrected chi connectivity index (χ0v) is 13.8. The third-order valence-electron chi connectivity index (χ3n) is 3.33. The van der Waals surface area contributed by atoms with Crippen LogP contribution in [0.25, 0.3) is 5.82 Å². The summed E-state index contributed by atoms with van der Waals surface area (Å²) in [5.41, 5.74) is 1.15. The van der Waals surface area contributed by atoms with E-state index in [4.69, 9.17) is 0 Å². The van der Waals surface area contributed by atoms with Crippen molar-refractivity contribution in [3.8, 4) is 5.82 Å². The summed E-state index contributed by atoms with van der Waals surface area (Å²) in [5, 5.41) is 6.93. The molecule has 2 aromatic heterocycles. The summed E-state index contributed by atoms with van der Waals surface area (Å²) in [6.45, 7) is 3.99. The Bertz CT molecular complexity index is 692. The molecule has 2 aromatic rings. The van der Waals surface area contributed by atoms with Crippen molar-refractivity contribution in [1.82, 2.24) is 25.0 Å². The molecule has 2 amide bonds. The Morgan fingerprint density at radius 3 is 2.61 bits per heavy atom. The fourth-order valence-electron chi connectivity index (χ4n) is 1.98. The van der Waals surface area contributed by atoms with Crippen LogP contribution in [0.2, 0.25) is 0 Å². The van der Waals surface area contributed by atoms with E-state index in [1.165, 1.54) is 4.90 Å². The third kappa shape index (κ3) is 3.94. The molecular formula is C16H21N5O2. The van der Waals surface area contributed by atoms with Crippen LogP contribution in [0.4, 0.5) is 0 Å². The van der Waals surface area contributed by atoms with Crippen molar-refractivity contribution in [2.45, 2.75) is 19.8 Å². The Balaban J connectivity index is 2.24. The van der Waals surface area contributed by atoms with E-state index in [1.54, 1.807) is 31.0 Å². The maximum absolute atomic E-state index is 12.2. The highest BCUT2D eigenvalue weighted by Crippen LogP contribution is 2.19. The number of hydrogen-bond donors (Lipinski definition) is 1. The van der Waals surface area contributed by atoms with E-state index in [0.29, 0.717) is 5.82 Å². The number of aromatic nitrogens is 3. The number of amides is 2. The Morgan fingerprint density at radius 1 is 1.30 bits per heavy atom. The van der Waals surface area contributed by atoms with E-state index in [0.717, 1.165) is 5.69 Å². The van der Waals surface area contributed by atoms with E-state index < -0.39 is 0 Å². The van der Waals surface area contributed by atoms with Gasteiger partial charge in [-0.2, -0.15) is 5.10 Å². The van der Waals surface area contributed by atoms with E-state index >= 15 is 0 Å². The molecule has 1 N–H and O–H groups in total. The fourth-order valence-corrected chi connectivity index (χ4v) is 1.98. The molecule has 0 aromatic carbocycles. The first-order chi connectivity index (χ1) is 10.9. The lowest BCUT2D eigenvalue weighted by atomic mass is 10.1. The highest BCUT2D eigenvalue weighted by Gasteiger charge is 2.18. The second-order valence-electron chi connectivity index (χ2n) is 5.68. The molecule has 122 valence electrons. The van der Waals surface area contributed by atoms with Gasteiger partial charge < -0.3 is 10.2 Å². The number of hydrogen-bond acceptors (Lipinski definition) is 4. The van der Waals surface area contributed by atoms with Crippen molar-refractivity contribution in [2.24, 2.45) is 0 Å². The van der Waals surface area contributed by atoms with Crippen LogP contribution in [0, 0.1) is 0 Å². The molecule has 0 unspecified atom stereocenters. The van der Waals surface area contributed by atoms with Crippen LogP contribution >= 0.6 is 0 Å². The van der Waals surface area contributed by atoms with Gasteiger partial charge in [0, 0.05) is 26.0 Å². The van der Waals surface area contributed by atoms with Gasteiger partial charge in [0.15, 0.2) is 11.5 Å². The van der Waals surface area contributed by atoms with Crippen LogP contribution in [-0.4, -0.2) is 52.1 Å². The van der Waals surface area contributed by atoms with Crippen molar-refractivity contribution >= 4 is 11.8 Å². The van der Waals surface area contributed by atoms with Gasteiger partial charge in [0.05, 0.1) is 6.54 Å². The normalized spacial score (nSPS) is 10.7. The molecule has 7 heteroatoms. The monoisotopic (exact) mass is 315 g/mol. The molecule has 2 rings (SSSR count). The van der Waals surface area contributed by atoms with Gasteiger partial charge in [-0.05, 0) is 24.1 Å². The predicted octanol–water partition coefficient (Wildman–Crippen LogP) is 1.21. The Morgan fingerprint density at radius 2 is 2.04 bits per heavy atom. The molecule has 0 aliphatic carbocycles. The molecule has 0 fully saturated rings. The Labute approximate surface area is 135 Å². The standard InChI is InChI=1S/C16H21N5O2/c1-11(2)13-9-12(16(23)18-10-15(22)20(3)4)19-21(13)14-7-5-6-8-17-14/h5-9,11H,10H2,1-4H3,(H,18,23). The number of likely N-dealkylation sites (N-methyl/N-ethyl adjacent to an activating group) is 1. The lowest BCUT2D eigenvalue weighted by Crippen LogP contribution is -2.36. The summed E-state index contributed by atoms with van der Waals surface area (Å²) in [7, 11) is 3.28. The number of nitrogens with zero attached hydrogens (tertiary/aromatic N) is 4. The second-order valence-corrected chi connectivity index (χ2v) is 5.68. The highest BCUT2D eigenvalue weighted by atomic mass is 16.2. The smallest absolute Gasteiger partial charge is 0.272 e. The van der Waals surface area contributed by atoms with Gasteiger partial charge in [-0.3, -0.25) is 9.59 Å². The van der Waals surface area contributed by atoms with Crippen LogP contribution in [0.1, 0.15) is 35.9 Å². The van der Waals surface area contributed by atoms with Crippen molar-refractivity contribution in [3.05, 3.63) is 41.9 Å². The minimum absolute atomic E-state index is 0.0563. The first-order valence-corrected chi connectivity index (χ1v) is 7.40. The molecule has 0 aliphatic rings. The van der Waals surface area contributed by atoms with Crippen LogP contribution in [0.5, 0.6) is 0 Å². The fraction of sp³-hybridized carbons (Fsp3) is 0.375. The molecule has 0 aliphatic heterocycles. The number of pyridine rings is 1. The maximum atomic E-state index is 12.2. The quantitative estimate of drug-likeness (QED) is 0.899. The van der Waals surface area contributed by atoms with E-state index in [9.17, 15) is 9.59 Å². The van der Waals surface area contributed by atoms with Crippen LogP contribution < -0.4 is 5.32 Å². The second kappa shape index (κ2) is 7.04. The third-order valence-corrected chi connectivity index (χ3v) is 3.33. The van der Waals surface area contributed by atoms with Crippen LogP contribution in [0.15, 0.2) is 30.5 Å². The van der Waals surface area contributed by atoms with E-state index in [-0.39, 0.29) is 30.0 Å². The topological polar surface area (TPSA) is 80.1 Å². The zero-order chi connectivity index (χ0) is 17.0. The van der Waals surface area contributed by atoms with Gasteiger partial charge in [0.1, 0.15) is 0 Å². The minimum Gasteiger partial charge on any atom is -0.347 e. The molecule has 23 heavy (non-hydrogen) atoms. The predicted molar refractivity (Wildman–Crippen MR) is 86.5 cm³/mol. The summed E-state index contributed by atoms with van der Waals surface area (Å²) in [6, 6.07) is 7.25. The average molecular weight is 315 g/mol. The summed E-state index contributed by atoms with van der Waals surface area (Å²) in [5.74, 6) is 0.275. The van der Waals surface area contributed by atoms with Crippen LogP contribution in [-0.2, 0) is 4.79 Å². The lowest BCUT2D eigenvalue weighted by Gasteiger charge is -2.10. The lowest BCUT2D eigenvalue weighted by molar-refractivity contribution is -0.127. The van der Waals surface area contributed by atoms with Crippen molar-refractivity contribution in [1.29, 1.82) is 0 Å². The van der Waals surface area contributed by atoms with Gasteiger partial charge >= 0.3 is 0 Å². The first kappa shape index (κ1) is 16.7. The van der Waals surface area contributed by atoms with Gasteiger partial charge in [0.25, 0.3) is 5.91 Å². The van der Waals surface area contributed by atoms with Gasteiger partial charge in [0.2, 0.25) is 5.91 Å². The van der Waals surface area contributed by atoms with E-state index in [1.807, 2.05) is 32.0 Å². The molecule has 0 saturated carbocycles. The maximum Gasteiger partial charge on any atom is 0.272 e. The Kier molecular flexibility index (Phi) is 5.10. The summed E-state index contributed by atoms with van der Waals surface area (Å²) in [6.07, 6.45) is 1.68. The summed E-state index contributed by atoms with van der Waals surface area (Å²) < 4.78 is 1.66.